The maximum Gasteiger partial charge on any atom is 0.259 e. The average Bonchev–Trinajstić information content (AvgIpc) is 3.14. The molecule has 9 heteroatoms. The zero-order valence-corrected chi connectivity index (χ0v) is 16.0. The fraction of sp³-hybridized carbons (Fsp3) is 0.300. The fourth-order valence-corrected chi connectivity index (χ4v) is 3.63. The highest BCUT2D eigenvalue weighted by atomic mass is 16.5. The summed E-state index contributed by atoms with van der Waals surface area (Å²) in [7, 11) is 0. The minimum absolute atomic E-state index is 0.215. The first-order valence-electron chi connectivity index (χ1n) is 9.68. The summed E-state index contributed by atoms with van der Waals surface area (Å²) in [5, 5.41) is 9.67. The lowest BCUT2D eigenvalue weighted by Crippen LogP contribution is -2.04. The van der Waals surface area contributed by atoms with Gasteiger partial charge in [0.15, 0.2) is 11.3 Å². The van der Waals surface area contributed by atoms with E-state index in [1.807, 2.05) is 21.5 Å². The molecule has 0 N–H and O–H groups in total. The summed E-state index contributed by atoms with van der Waals surface area (Å²) in [4.78, 5) is 18.0. The Kier molecular flexibility index (Phi) is 3.35. The second kappa shape index (κ2) is 5.94. The number of aromatic nitrogens is 8. The van der Waals surface area contributed by atoms with Crippen LogP contribution in [0.4, 0.5) is 0 Å². The molecule has 5 aromatic heterocycles. The molecule has 0 aromatic carbocycles. The number of pyridine rings is 1. The molecule has 5 heterocycles. The molecular formula is C20H18N8O. The van der Waals surface area contributed by atoms with Crippen LogP contribution in [0.5, 0.6) is 0 Å². The van der Waals surface area contributed by atoms with Gasteiger partial charge in [0.25, 0.3) is 5.89 Å². The van der Waals surface area contributed by atoms with E-state index in [1.165, 1.54) is 12.8 Å². The van der Waals surface area contributed by atoms with Crippen molar-refractivity contribution in [3.05, 3.63) is 42.7 Å². The van der Waals surface area contributed by atoms with Crippen molar-refractivity contribution in [3.8, 4) is 23.0 Å². The van der Waals surface area contributed by atoms with Crippen LogP contribution in [0.2, 0.25) is 0 Å². The monoisotopic (exact) mass is 386 g/mol. The molecule has 144 valence electrons. The molecule has 0 atom stereocenters. The summed E-state index contributed by atoms with van der Waals surface area (Å²) >= 11 is 0. The van der Waals surface area contributed by atoms with Gasteiger partial charge in [-0.05, 0) is 32.8 Å². The zero-order valence-electron chi connectivity index (χ0n) is 16.0. The van der Waals surface area contributed by atoms with E-state index in [9.17, 15) is 0 Å². The number of rotatable bonds is 4. The second-order valence-electron chi connectivity index (χ2n) is 7.66. The van der Waals surface area contributed by atoms with Gasteiger partial charge >= 0.3 is 0 Å². The topological polar surface area (TPSA) is 99.8 Å². The van der Waals surface area contributed by atoms with Crippen molar-refractivity contribution in [2.75, 3.05) is 0 Å². The third-order valence-electron chi connectivity index (χ3n) is 5.27. The van der Waals surface area contributed by atoms with Crippen molar-refractivity contribution < 1.29 is 4.52 Å². The first kappa shape index (κ1) is 16.3. The highest BCUT2D eigenvalue weighted by Gasteiger charge is 2.28. The molecule has 0 spiro atoms. The summed E-state index contributed by atoms with van der Waals surface area (Å²) in [6.07, 6.45) is 11.1. The van der Waals surface area contributed by atoms with Crippen LogP contribution in [0.1, 0.15) is 44.3 Å². The number of fused-ring (bicyclic) bond motifs is 2. The molecule has 0 aliphatic heterocycles. The van der Waals surface area contributed by atoms with Gasteiger partial charge in [0, 0.05) is 30.0 Å². The van der Waals surface area contributed by atoms with Crippen LogP contribution < -0.4 is 0 Å². The van der Waals surface area contributed by atoms with Crippen LogP contribution in [-0.4, -0.2) is 39.3 Å². The second-order valence-corrected chi connectivity index (χ2v) is 7.66. The Morgan fingerprint density at radius 1 is 1.14 bits per heavy atom. The van der Waals surface area contributed by atoms with Crippen molar-refractivity contribution in [3.63, 3.8) is 0 Å². The Hall–Kier alpha value is -3.62. The Balaban J connectivity index is 1.52. The highest BCUT2D eigenvalue weighted by Crippen LogP contribution is 2.42. The van der Waals surface area contributed by atoms with Crippen molar-refractivity contribution >= 4 is 16.7 Å². The quantitative estimate of drug-likeness (QED) is 0.465. The van der Waals surface area contributed by atoms with Crippen LogP contribution in [-0.2, 0) is 0 Å². The van der Waals surface area contributed by atoms with E-state index in [2.05, 4.69) is 45.1 Å². The minimum atomic E-state index is 0.215. The van der Waals surface area contributed by atoms with Crippen molar-refractivity contribution in [1.82, 2.24) is 39.3 Å². The Bertz CT molecular complexity index is 1360. The minimum Gasteiger partial charge on any atom is -0.334 e. The van der Waals surface area contributed by atoms with Crippen LogP contribution >= 0.6 is 0 Å². The average molecular weight is 386 g/mol. The van der Waals surface area contributed by atoms with Crippen LogP contribution in [0.25, 0.3) is 39.7 Å². The molecule has 1 aliphatic carbocycles. The summed E-state index contributed by atoms with van der Waals surface area (Å²) in [6, 6.07) is 2.29. The van der Waals surface area contributed by atoms with Gasteiger partial charge in [-0.2, -0.15) is 10.1 Å². The first-order valence-corrected chi connectivity index (χ1v) is 9.68. The van der Waals surface area contributed by atoms with E-state index < -0.39 is 0 Å². The largest absolute Gasteiger partial charge is 0.334 e. The summed E-state index contributed by atoms with van der Waals surface area (Å²) in [6.45, 7) is 4.20. The van der Waals surface area contributed by atoms with Crippen LogP contribution in [0, 0.1) is 0 Å². The van der Waals surface area contributed by atoms with E-state index in [0.717, 1.165) is 33.6 Å². The van der Waals surface area contributed by atoms with Gasteiger partial charge in [0.2, 0.25) is 5.82 Å². The Morgan fingerprint density at radius 2 is 2.03 bits per heavy atom. The number of nitrogens with zero attached hydrogens (tertiary/aromatic N) is 8. The molecule has 1 fully saturated rings. The van der Waals surface area contributed by atoms with Crippen molar-refractivity contribution in [2.24, 2.45) is 0 Å². The molecular weight excluding hydrogens is 368 g/mol. The highest BCUT2D eigenvalue weighted by molar-refractivity contribution is 5.90. The molecule has 6 rings (SSSR count). The van der Waals surface area contributed by atoms with Gasteiger partial charge in [-0.1, -0.05) is 5.16 Å². The van der Waals surface area contributed by atoms with E-state index in [1.54, 1.807) is 18.6 Å². The van der Waals surface area contributed by atoms with Crippen LogP contribution in [0.3, 0.4) is 0 Å². The van der Waals surface area contributed by atoms with Crippen molar-refractivity contribution in [1.29, 1.82) is 0 Å². The number of hydrogen-bond acceptors (Lipinski definition) is 7. The molecule has 0 bridgehead atoms. The molecule has 1 aliphatic rings. The van der Waals surface area contributed by atoms with Gasteiger partial charge in [-0.15, -0.1) is 0 Å². The maximum atomic E-state index is 5.67. The lowest BCUT2D eigenvalue weighted by molar-refractivity contribution is 0.432. The standard InChI is InChI=1S/C20H18N8O/c1-11(2)28-19-14(8-23-28)13(7-15(24-19)12-3-4-12)20-25-18(26-29-20)16-9-22-17-10-21-5-6-27(16)17/h5-12H,3-4H2,1-2H3. The molecule has 0 radical (unpaired) electrons. The first-order chi connectivity index (χ1) is 14.2. The molecule has 0 saturated heterocycles. The Labute approximate surface area is 165 Å². The van der Waals surface area contributed by atoms with Gasteiger partial charge in [0.1, 0.15) is 5.69 Å². The predicted molar refractivity (Wildman–Crippen MR) is 105 cm³/mol. The van der Waals surface area contributed by atoms with Gasteiger partial charge < -0.3 is 4.52 Å². The summed E-state index contributed by atoms with van der Waals surface area (Å²) in [5.41, 5.74) is 4.28. The number of imidazole rings is 1. The van der Waals surface area contributed by atoms with E-state index in [4.69, 9.17) is 9.51 Å². The third kappa shape index (κ3) is 2.54. The van der Waals surface area contributed by atoms with Gasteiger partial charge in [-0.25, -0.2) is 14.6 Å². The maximum absolute atomic E-state index is 5.67. The van der Waals surface area contributed by atoms with Crippen molar-refractivity contribution in [2.45, 2.75) is 38.6 Å². The van der Waals surface area contributed by atoms with E-state index in [-0.39, 0.29) is 6.04 Å². The van der Waals surface area contributed by atoms with E-state index >= 15 is 0 Å². The van der Waals surface area contributed by atoms with Gasteiger partial charge in [-0.3, -0.25) is 9.38 Å². The number of hydrogen-bond donors (Lipinski definition) is 0. The zero-order chi connectivity index (χ0) is 19.5. The fourth-order valence-electron chi connectivity index (χ4n) is 3.63. The molecule has 29 heavy (non-hydrogen) atoms. The van der Waals surface area contributed by atoms with E-state index in [0.29, 0.717) is 17.6 Å². The third-order valence-corrected chi connectivity index (χ3v) is 5.27. The molecule has 0 unspecified atom stereocenters. The lowest BCUT2D eigenvalue weighted by atomic mass is 10.1. The predicted octanol–water partition coefficient (Wildman–Crippen LogP) is 3.65. The van der Waals surface area contributed by atoms with Crippen LogP contribution in [0.15, 0.2) is 41.6 Å². The molecule has 0 amide bonds. The SMILES string of the molecule is CC(C)n1ncc2c(-c3nc(-c4cnc5cnccn45)no3)cc(C3CC3)nc21. The summed E-state index contributed by atoms with van der Waals surface area (Å²) < 4.78 is 9.50. The lowest BCUT2D eigenvalue weighted by Gasteiger charge is -2.08. The normalized spacial score (nSPS) is 14.4. The molecule has 1 saturated carbocycles. The summed E-state index contributed by atoms with van der Waals surface area (Å²) in [5.74, 6) is 1.44. The Morgan fingerprint density at radius 3 is 2.86 bits per heavy atom. The van der Waals surface area contributed by atoms with Gasteiger partial charge in [0.05, 0.1) is 29.5 Å². The smallest absolute Gasteiger partial charge is 0.259 e. The molecule has 9 nitrogen and oxygen atoms in total. The molecule has 5 aromatic rings.